The minimum absolute atomic E-state index is 0.340. The van der Waals surface area contributed by atoms with Crippen LogP contribution in [0.1, 0.15) is 96.8 Å². The van der Waals surface area contributed by atoms with Crippen molar-refractivity contribution >= 4 is 0 Å². The van der Waals surface area contributed by atoms with Gasteiger partial charge in [-0.25, -0.2) is 0 Å². The van der Waals surface area contributed by atoms with E-state index >= 15 is 0 Å². The first-order valence-corrected chi connectivity index (χ1v) is 8.67. The van der Waals surface area contributed by atoms with Gasteiger partial charge in [-0.05, 0) is 32.1 Å². The average molecular weight is 268 g/mol. The predicted molar refractivity (Wildman–Crippen MR) is 86.5 cm³/mol. The van der Waals surface area contributed by atoms with Crippen LogP contribution in [0.15, 0.2) is 12.2 Å². The molecule has 0 saturated heterocycles. The second kappa shape index (κ2) is 17.7. The highest BCUT2D eigenvalue weighted by Gasteiger charge is 1.91. The highest BCUT2D eigenvalue weighted by molar-refractivity contribution is 4.81. The Balaban J connectivity index is 2.98. The summed E-state index contributed by atoms with van der Waals surface area (Å²) in [4.78, 5) is 0. The summed E-state index contributed by atoms with van der Waals surface area (Å²) in [6.07, 6.45) is 23.2. The Bertz CT molecular complexity index is 175. The fourth-order valence-corrected chi connectivity index (χ4v) is 2.36. The average Bonchev–Trinajstić information content (AvgIpc) is 2.43. The molecule has 0 atom stereocenters. The van der Waals surface area contributed by atoms with E-state index in [1.807, 2.05) is 0 Å². The number of aliphatic hydroxyl groups is 1. The van der Waals surface area contributed by atoms with Crippen molar-refractivity contribution < 1.29 is 5.11 Å². The highest BCUT2D eigenvalue weighted by atomic mass is 16.2. The minimum Gasteiger partial charge on any atom is -0.396 e. The van der Waals surface area contributed by atoms with Crippen LogP contribution >= 0.6 is 0 Å². The number of unbranched alkanes of at least 4 members (excludes halogenated alkanes) is 12. The van der Waals surface area contributed by atoms with Gasteiger partial charge in [-0.15, -0.1) is 0 Å². The van der Waals surface area contributed by atoms with Crippen molar-refractivity contribution in [3.63, 3.8) is 0 Å². The summed E-state index contributed by atoms with van der Waals surface area (Å²) in [5.41, 5.74) is 0. The lowest BCUT2D eigenvalue weighted by atomic mass is 10.1. The van der Waals surface area contributed by atoms with Crippen LogP contribution in [-0.4, -0.2) is 11.7 Å². The van der Waals surface area contributed by atoms with Crippen LogP contribution < -0.4 is 0 Å². The van der Waals surface area contributed by atoms with Gasteiger partial charge in [-0.3, -0.25) is 0 Å². The second-order valence-corrected chi connectivity index (χ2v) is 5.66. The molecule has 0 aliphatic carbocycles. The van der Waals surface area contributed by atoms with Crippen LogP contribution in [-0.2, 0) is 0 Å². The molecule has 0 amide bonds. The standard InChI is InChI=1S/C18H36O/c1-2-3-4-5-6-7-8-9-10-11-12-13-14-15-16-17-18-19/h13-14,19H,2-12,15-18H2,1H3. The van der Waals surface area contributed by atoms with E-state index in [1.165, 1.54) is 70.6 Å². The van der Waals surface area contributed by atoms with Gasteiger partial charge in [0.05, 0.1) is 0 Å². The molecule has 0 aromatic carbocycles. The molecule has 1 nitrogen and oxygen atoms in total. The molecule has 0 radical (unpaired) electrons. The molecule has 19 heavy (non-hydrogen) atoms. The molecule has 0 saturated carbocycles. The van der Waals surface area contributed by atoms with E-state index in [0.29, 0.717) is 6.61 Å². The third-order valence-corrected chi connectivity index (χ3v) is 3.67. The Morgan fingerprint density at radius 3 is 1.47 bits per heavy atom. The Hall–Kier alpha value is -0.300. The van der Waals surface area contributed by atoms with E-state index in [1.54, 1.807) is 0 Å². The first-order chi connectivity index (χ1) is 9.41. The van der Waals surface area contributed by atoms with E-state index in [-0.39, 0.29) is 0 Å². The second-order valence-electron chi connectivity index (χ2n) is 5.66. The first-order valence-electron chi connectivity index (χ1n) is 8.67. The van der Waals surface area contributed by atoms with Gasteiger partial charge in [0, 0.05) is 6.61 Å². The van der Waals surface area contributed by atoms with E-state index in [0.717, 1.165) is 19.3 Å². The molecule has 0 fully saturated rings. The van der Waals surface area contributed by atoms with Gasteiger partial charge in [0.2, 0.25) is 0 Å². The van der Waals surface area contributed by atoms with Crippen LogP contribution in [0, 0.1) is 0 Å². The summed E-state index contributed by atoms with van der Waals surface area (Å²) in [5, 5.41) is 8.65. The monoisotopic (exact) mass is 268 g/mol. The van der Waals surface area contributed by atoms with Gasteiger partial charge in [0.25, 0.3) is 0 Å². The van der Waals surface area contributed by atoms with E-state index < -0.39 is 0 Å². The van der Waals surface area contributed by atoms with Crippen molar-refractivity contribution in [1.82, 2.24) is 0 Å². The molecule has 0 aliphatic rings. The first kappa shape index (κ1) is 18.7. The molecule has 0 aromatic rings. The lowest BCUT2D eigenvalue weighted by molar-refractivity contribution is 0.285. The number of aliphatic hydroxyl groups excluding tert-OH is 1. The molecular weight excluding hydrogens is 232 g/mol. The maximum Gasteiger partial charge on any atom is 0.0431 e. The van der Waals surface area contributed by atoms with Crippen molar-refractivity contribution in [2.75, 3.05) is 6.61 Å². The molecule has 0 spiro atoms. The van der Waals surface area contributed by atoms with Gasteiger partial charge in [0.15, 0.2) is 0 Å². The van der Waals surface area contributed by atoms with Crippen molar-refractivity contribution in [2.24, 2.45) is 0 Å². The normalized spacial score (nSPS) is 11.5. The Kier molecular flexibility index (Phi) is 17.4. The molecule has 1 N–H and O–H groups in total. The number of hydrogen-bond acceptors (Lipinski definition) is 1. The van der Waals surface area contributed by atoms with Gasteiger partial charge in [0.1, 0.15) is 0 Å². The van der Waals surface area contributed by atoms with Gasteiger partial charge in [-0.2, -0.15) is 0 Å². The zero-order valence-corrected chi connectivity index (χ0v) is 13.2. The van der Waals surface area contributed by atoms with Crippen molar-refractivity contribution in [3.05, 3.63) is 12.2 Å². The smallest absolute Gasteiger partial charge is 0.0431 e. The zero-order chi connectivity index (χ0) is 14.0. The molecule has 0 aromatic heterocycles. The van der Waals surface area contributed by atoms with Crippen LogP contribution in [0.4, 0.5) is 0 Å². The van der Waals surface area contributed by atoms with Crippen LogP contribution in [0.2, 0.25) is 0 Å². The third-order valence-electron chi connectivity index (χ3n) is 3.67. The maximum absolute atomic E-state index is 8.65. The number of rotatable bonds is 15. The Morgan fingerprint density at radius 1 is 0.579 bits per heavy atom. The number of hydrogen-bond donors (Lipinski definition) is 1. The fourth-order valence-electron chi connectivity index (χ4n) is 2.36. The molecular formula is C18H36O. The van der Waals surface area contributed by atoms with Crippen molar-refractivity contribution in [2.45, 2.75) is 96.8 Å². The molecule has 0 aliphatic heterocycles. The third kappa shape index (κ3) is 17.7. The van der Waals surface area contributed by atoms with Crippen LogP contribution in [0.3, 0.4) is 0 Å². The highest BCUT2D eigenvalue weighted by Crippen LogP contribution is 2.11. The molecule has 114 valence electrons. The summed E-state index contributed by atoms with van der Waals surface area (Å²) in [5.74, 6) is 0. The Labute approximate surface area is 121 Å². The Morgan fingerprint density at radius 2 is 1.00 bits per heavy atom. The summed E-state index contributed by atoms with van der Waals surface area (Å²) in [7, 11) is 0. The topological polar surface area (TPSA) is 20.2 Å². The molecule has 0 bridgehead atoms. The van der Waals surface area contributed by atoms with Gasteiger partial charge in [-0.1, -0.05) is 76.9 Å². The summed E-state index contributed by atoms with van der Waals surface area (Å²) in [6.45, 7) is 2.62. The fraction of sp³-hybridized carbons (Fsp3) is 0.889. The maximum atomic E-state index is 8.65. The quantitative estimate of drug-likeness (QED) is 0.284. The lowest BCUT2D eigenvalue weighted by Crippen LogP contribution is -1.82. The predicted octanol–water partition coefficient (Wildman–Crippen LogP) is 6.02. The van der Waals surface area contributed by atoms with E-state index in [9.17, 15) is 0 Å². The largest absolute Gasteiger partial charge is 0.396 e. The van der Waals surface area contributed by atoms with Crippen molar-refractivity contribution in [3.8, 4) is 0 Å². The minimum atomic E-state index is 0.340. The van der Waals surface area contributed by atoms with Crippen LogP contribution in [0.5, 0.6) is 0 Å². The zero-order valence-electron chi connectivity index (χ0n) is 13.2. The molecule has 0 heterocycles. The van der Waals surface area contributed by atoms with E-state index in [2.05, 4.69) is 19.1 Å². The van der Waals surface area contributed by atoms with Gasteiger partial charge >= 0.3 is 0 Å². The molecule has 0 unspecified atom stereocenters. The summed E-state index contributed by atoms with van der Waals surface area (Å²) < 4.78 is 0. The molecule has 1 heteroatoms. The number of allylic oxidation sites excluding steroid dienone is 2. The van der Waals surface area contributed by atoms with E-state index in [4.69, 9.17) is 5.11 Å². The van der Waals surface area contributed by atoms with Crippen LogP contribution in [0.25, 0.3) is 0 Å². The summed E-state index contributed by atoms with van der Waals surface area (Å²) >= 11 is 0. The van der Waals surface area contributed by atoms with Gasteiger partial charge < -0.3 is 5.11 Å². The summed E-state index contributed by atoms with van der Waals surface area (Å²) in [6, 6.07) is 0. The van der Waals surface area contributed by atoms with Crippen molar-refractivity contribution in [1.29, 1.82) is 0 Å². The lowest BCUT2D eigenvalue weighted by Gasteiger charge is -2.01. The SMILES string of the molecule is CCCCCCCCCCCCC=CCCCCO. The molecule has 0 rings (SSSR count).